The van der Waals surface area contributed by atoms with E-state index in [0.717, 1.165) is 56.1 Å². The SMILES string of the molecule is COc1cc2c(cc1Nc1nc(Nc3cc(F)cc(F)c3C(N)=O)c3cc[nH]c3n1)N(C(=O)CN1CCCC1)CCC2. The van der Waals surface area contributed by atoms with Crippen LogP contribution in [-0.2, 0) is 11.2 Å². The number of rotatable bonds is 8. The monoisotopic (exact) mass is 576 g/mol. The summed E-state index contributed by atoms with van der Waals surface area (Å²) < 4.78 is 34.2. The number of amides is 2. The standard InChI is InChI=1S/C29H30F2N8O3/c1-42-23-11-16-5-4-10-39(24(40)15-38-8-2-3-9-38)22(16)14-20(23)35-29-36-27-18(6-7-33-27)28(37-29)34-21-13-17(30)12-19(31)25(21)26(32)41/h6-7,11-14H,2-5,8-10,15H2,1H3,(H2,32,41)(H3,33,34,35,36,37). The highest BCUT2D eigenvalue weighted by Gasteiger charge is 2.27. The first-order valence-corrected chi connectivity index (χ1v) is 13.7. The van der Waals surface area contributed by atoms with Crippen molar-refractivity contribution >= 4 is 51.7 Å². The molecule has 11 nitrogen and oxygen atoms in total. The Balaban J connectivity index is 1.35. The summed E-state index contributed by atoms with van der Waals surface area (Å²) in [5.41, 5.74) is 7.46. The van der Waals surface area contributed by atoms with Crippen LogP contribution in [0.5, 0.6) is 5.75 Å². The largest absolute Gasteiger partial charge is 0.495 e. The van der Waals surface area contributed by atoms with E-state index in [9.17, 15) is 18.4 Å². The number of aromatic amines is 1. The van der Waals surface area contributed by atoms with E-state index < -0.39 is 23.1 Å². The summed E-state index contributed by atoms with van der Waals surface area (Å²) in [5.74, 6) is -2.14. The molecule has 2 aliphatic rings. The topological polar surface area (TPSA) is 142 Å². The van der Waals surface area contributed by atoms with Gasteiger partial charge >= 0.3 is 0 Å². The van der Waals surface area contributed by atoms with Gasteiger partial charge in [-0.2, -0.15) is 9.97 Å². The molecule has 2 amide bonds. The van der Waals surface area contributed by atoms with Gasteiger partial charge in [-0.25, -0.2) is 8.78 Å². The Morgan fingerprint density at radius 3 is 2.62 bits per heavy atom. The van der Waals surface area contributed by atoms with Gasteiger partial charge in [0.25, 0.3) is 5.91 Å². The number of aromatic nitrogens is 3. The number of H-pyrrole nitrogens is 1. The number of nitrogens with zero attached hydrogens (tertiary/aromatic N) is 4. The molecular weight excluding hydrogens is 546 g/mol. The lowest BCUT2D eigenvalue weighted by molar-refractivity contribution is -0.119. The fourth-order valence-electron chi connectivity index (χ4n) is 5.62. The summed E-state index contributed by atoms with van der Waals surface area (Å²) in [6.45, 7) is 2.86. The number of likely N-dealkylation sites (tertiary alicyclic amines) is 1. The molecule has 0 radical (unpaired) electrons. The maximum atomic E-state index is 14.4. The summed E-state index contributed by atoms with van der Waals surface area (Å²) in [7, 11) is 1.55. The number of methoxy groups -OCH3 is 1. The number of aryl methyl sites for hydroxylation is 1. The number of hydrogen-bond donors (Lipinski definition) is 4. The summed E-state index contributed by atoms with van der Waals surface area (Å²) in [5, 5.41) is 6.53. The lowest BCUT2D eigenvalue weighted by Gasteiger charge is -2.32. The van der Waals surface area contributed by atoms with Crippen LogP contribution in [0.4, 0.5) is 37.6 Å². The zero-order valence-electron chi connectivity index (χ0n) is 23.0. The van der Waals surface area contributed by atoms with Crippen LogP contribution in [0.2, 0.25) is 0 Å². The molecule has 13 heteroatoms. The third kappa shape index (κ3) is 5.30. The zero-order valence-corrected chi connectivity index (χ0v) is 23.0. The number of hydrogen-bond acceptors (Lipinski definition) is 8. The minimum absolute atomic E-state index is 0.0529. The van der Waals surface area contributed by atoms with Crippen molar-refractivity contribution in [1.82, 2.24) is 19.9 Å². The first-order chi connectivity index (χ1) is 20.3. The van der Waals surface area contributed by atoms with E-state index in [4.69, 9.17) is 10.5 Å². The zero-order chi connectivity index (χ0) is 29.4. The molecule has 0 unspecified atom stereocenters. The van der Waals surface area contributed by atoms with Crippen LogP contribution in [0.3, 0.4) is 0 Å². The number of benzene rings is 2. The number of nitrogens with two attached hydrogens (primary N) is 1. The highest BCUT2D eigenvalue weighted by molar-refractivity contribution is 6.01. The molecular formula is C29H30F2N8O3. The van der Waals surface area contributed by atoms with Gasteiger partial charge in [0.15, 0.2) is 0 Å². The van der Waals surface area contributed by atoms with Crippen LogP contribution in [0.1, 0.15) is 35.2 Å². The van der Waals surface area contributed by atoms with Crippen molar-refractivity contribution in [1.29, 1.82) is 0 Å². The van der Waals surface area contributed by atoms with Gasteiger partial charge in [0.1, 0.15) is 28.8 Å². The average molecular weight is 577 g/mol. The first kappa shape index (κ1) is 27.4. The van der Waals surface area contributed by atoms with Crippen molar-refractivity contribution in [2.75, 3.05) is 48.8 Å². The average Bonchev–Trinajstić information content (AvgIpc) is 3.64. The molecule has 2 aliphatic heterocycles. The summed E-state index contributed by atoms with van der Waals surface area (Å²) in [6, 6.07) is 7.01. The summed E-state index contributed by atoms with van der Waals surface area (Å²) >= 11 is 0. The predicted molar refractivity (Wildman–Crippen MR) is 155 cm³/mol. The molecule has 0 aliphatic carbocycles. The number of halogens is 2. The number of primary amides is 1. The van der Waals surface area contributed by atoms with Crippen LogP contribution < -0.4 is 26.0 Å². The van der Waals surface area contributed by atoms with E-state index in [1.807, 2.05) is 17.0 Å². The second-order valence-corrected chi connectivity index (χ2v) is 10.4. The Bertz CT molecular complexity index is 1690. The van der Waals surface area contributed by atoms with E-state index in [1.165, 1.54) is 0 Å². The molecule has 4 aromatic rings. The molecule has 1 fully saturated rings. The Kier molecular flexibility index (Phi) is 7.33. The van der Waals surface area contributed by atoms with E-state index in [0.29, 0.717) is 41.6 Å². The summed E-state index contributed by atoms with van der Waals surface area (Å²) in [6.07, 6.45) is 5.51. The molecule has 0 atom stereocenters. The maximum Gasteiger partial charge on any atom is 0.253 e. The van der Waals surface area contributed by atoms with Gasteiger partial charge in [0.2, 0.25) is 11.9 Å². The van der Waals surface area contributed by atoms with Crippen molar-refractivity contribution in [2.45, 2.75) is 25.7 Å². The Labute approximate surface area is 240 Å². The fraction of sp³-hybridized carbons (Fsp3) is 0.310. The third-order valence-electron chi connectivity index (χ3n) is 7.59. The van der Waals surface area contributed by atoms with Crippen LogP contribution in [0.15, 0.2) is 36.5 Å². The molecule has 42 heavy (non-hydrogen) atoms. The van der Waals surface area contributed by atoms with E-state index in [-0.39, 0.29) is 23.4 Å². The van der Waals surface area contributed by atoms with Crippen molar-refractivity contribution < 1.29 is 23.1 Å². The molecule has 0 spiro atoms. The van der Waals surface area contributed by atoms with Crippen LogP contribution in [0.25, 0.3) is 11.0 Å². The lowest BCUT2D eigenvalue weighted by atomic mass is 10.00. The molecule has 1 saturated heterocycles. The van der Waals surface area contributed by atoms with Crippen molar-refractivity contribution in [3.8, 4) is 5.75 Å². The molecule has 218 valence electrons. The highest BCUT2D eigenvalue weighted by Crippen LogP contribution is 2.38. The molecule has 2 aromatic heterocycles. The molecule has 4 heterocycles. The second-order valence-electron chi connectivity index (χ2n) is 10.4. The quantitative estimate of drug-likeness (QED) is 0.245. The van der Waals surface area contributed by atoms with E-state index in [1.54, 1.807) is 19.4 Å². The molecule has 6 rings (SSSR count). The molecule has 0 saturated carbocycles. The Hall–Kier alpha value is -4.78. The fourth-order valence-corrected chi connectivity index (χ4v) is 5.62. The normalized spacial score (nSPS) is 15.1. The van der Waals surface area contributed by atoms with Gasteiger partial charge < -0.3 is 31.0 Å². The Morgan fingerprint density at radius 2 is 1.86 bits per heavy atom. The maximum absolute atomic E-state index is 14.4. The third-order valence-corrected chi connectivity index (χ3v) is 7.59. The smallest absolute Gasteiger partial charge is 0.253 e. The predicted octanol–water partition coefficient (Wildman–Crippen LogP) is 4.21. The highest BCUT2D eigenvalue weighted by atomic mass is 19.1. The van der Waals surface area contributed by atoms with Crippen molar-refractivity contribution in [3.63, 3.8) is 0 Å². The van der Waals surface area contributed by atoms with Gasteiger partial charge in [-0.1, -0.05) is 0 Å². The lowest BCUT2D eigenvalue weighted by Crippen LogP contribution is -2.42. The van der Waals surface area contributed by atoms with E-state index >= 15 is 0 Å². The number of nitrogens with one attached hydrogen (secondary N) is 3. The van der Waals surface area contributed by atoms with Gasteiger partial charge in [-0.3, -0.25) is 14.5 Å². The van der Waals surface area contributed by atoms with Gasteiger partial charge in [0, 0.05) is 24.5 Å². The Morgan fingerprint density at radius 1 is 1.05 bits per heavy atom. The van der Waals surface area contributed by atoms with Crippen LogP contribution >= 0.6 is 0 Å². The molecule has 5 N–H and O–H groups in total. The minimum Gasteiger partial charge on any atom is -0.495 e. The number of carbonyl (C=O) groups excluding carboxylic acids is 2. The molecule has 0 bridgehead atoms. The number of ether oxygens (including phenoxy) is 1. The number of fused-ring (bicyclic) bond motifs is 2. The van der Waals surface area contributed by atoms with E-state index in [2.05, 4.69) is 30.5 Å². The second kappa shape index (κ2) is 11.2. The first-order valence-electron chi connectivity index (χ1n) is 13.7. The summed E-state index contributed by atoms with van der Waals surface area (Å²) in [4.78, 5) is 41.3. The number of anilines is 5. The van der Waals surface area contributed by atoms with Crippen molar-refractivity contribution in [3.05, 3.63) is 59.3 Å². The minimum atomic E-state index is -1.09. The van der Waals surface area contributed by atoms with Gasteiger partial charge in [-0.05, 0) is 68.6 Å². The van der Waals surface area contributed by atoms with Crippen LogP contribution in [-0.4, -0.2) is 65.0 Å². The van der Waals surface area contributed by atoms with Gasteiger partial charge in [-0.15, -0.1) is 0 Å². The number of carbonyl (C=O) groups is 2. The van der Waals surface area contributed by atoms with Crippen molar-refractivity contribution in [2.24, 2.45) is 5.73 Å². The van der Waals surface area contributed by atoms with Gasteiger partial charge in [0.05, 0.1) is 36.0 Å². The van der Waals surface area contributed by atoms with Crippen LogP contribution in [0, 0.1) is 11.6 Å². The molecule has 2 aromatic carbocycles.